The summed E-state index contributed by atoms with van der Waals surface area (Å²) in [7, 11) is 0. The fourth-order valence-electron chi connectivity index (χ4n) is 12.7. The lowest BCUT2D eigenvalue weighted by molar-refractivity contribution is 0.424. The molecule has 7 aromatic carbocycles. The van der Waals surface area contributed by atoms with E-state index in [2.05, 4.69) is 184 Å². The lowest BCUT2D eigenvalue weighted by Crippen LogP contribution is -2.35. The largest absolute Gasteiger partial charge is 0.457 e. The van der Waals surface area contributed by atoms with Gasteiger partial charge in [0.15, 0.2) is 11.6 Å². The van der Waals surface area contributed by atoms with E-state index in [-0.39, 0.29) is 0 Å². The van der Waals surface area contributed by atoms with Crippen LogP contribution in [0.4, 0.5) is 0 Å². The molecule has 6 aliphatic rings. The fraction of sp³-hybridized carbons (Fsp3) is 0.150. The van der Waals surface area contributed by atoms with Gasteiger partial charge in [-0.2, -0.15) is 0 Å². The van der Waals surface area contributed by atoms with Crippen LogP contribution in [0, 0.1) is 18.8 Å². The third-order valence-corrected chi connectivity index (χ3v) is 15.2. The number of nitrogens with zero attached hydrogens (tertiary/aromatic N) is 3. The molecular weight excluding hydrogens is 795 g/mol. The van der Waals surface area contributed by atoms with Gasteiger partial charge in [-0.25, -0.2) is 15.0 Å². The van der Waals surface area contributed by atoms with Crippen molar-refractivity contribution in [3.8, 4) is 45.8 Å². The Morgan fingerprint density at radius 3 is 1.51 bits per heavy atom. The third-order valence-electron chi connectivity index (χ3n) is 15.2. The zero-order valence-corrected chi connectivity index (χ0v) is 36.4. The molecule has 0 saturated carbocycles. The molecule has 2 aliphatic heterocycles. The normalized spacial score (nSPS) is 22.4. The minimum atomic E-state index is -0.580. The van der Waals surface area contributed by atoms with Crippen LogP contribution in [-0.4, -0.2) is 15.0 Å². The molecule has 3 heterocycles. The van der Waals surface area contributed by atoms with Crippen molar-refractivity contribution < 1.29 is 9.47 Å². The molecule has 8 aromatic rings. The summed E-state index contributed by atoms with van der Waals surface area (Å²) in [5, 5.41) is 2.36. The van der Waals surface area contributed by atoms with Crippen LogP contribution in [0.5, 0.6) is 23.0 Å². The summed E-state index contributed by atoms with van der Waals surface area (Å²) >= 11 is 0. The van der Waals surface area contributed by atoms with Gasteiger partial charge in [-0.3, -0.25) is 0 Å². The van der Waals surface area contributed by atoms with E-state index < -0.39 is 10.8 Å². The van der Waals surface area contributed by atoms with Crippen molar-refractivity contribution in [2.45, 2.75) is 44.4 Å². The molecular formula is C60H43N3O2. The van der Waals surface area contributed by atoms with Gasteiger partial charge >= 0.3 is 0 Å². The molecule has 4 atom stereocenters. The molecule has 0 radical (unpaired) electrons. The second-order valence-electron chi connectivity index (χ2n) is 18.7. The summed E-state index contributed by atoms with van der Waals surface area (Å²) in [6.07, 6.45) is 11.3. The average molecular weight is 838 g/mol. The molecule has 0 N–H and O–H groups in total. The molecule has 310 valence electrons. The number of hydrogen-bond donors (Lipinski definition) is 0. The minimum absolute atomic E-state index is 0.303. The maximum atomic E-state index is 6.99. The molecule has 5 heteroatoms. The maximum Gasteiger partial charge on any atom is 0.163 e. The van der Waals surface area contributed by atoms with Crippen LogP contribution in [0.2, 0.25) is 0 Å². The molecule has 14 rings (SSSR count). The topological polar surface area (TPSA) is 57.1 Å². The first-order valence-electron chi connectivity index (χ1n) is 23.0. The number of benzene rings is 7. The molecule has 0 fully saturated rings. The van der Waals surface area contributed by atoms with E-state index in [0.29, 0.717) is 29.3 Å². The zero-order chi connectivity index (χ0) is 43.2. The van der Waals surface area contributed by atoms with Crippen LogP contribution in [-0.2, 0) is 10.8 Å². The van der Waals surface area contributed by atoms with Gasteiger partial charge in [-0.15, -0.1) is 0 Å². The highest BCUT2D eigenvalue weighted by Crippen LogP contribution is 2.66. The van der Waals surface area contributed by atoms with Gasteiger partial charge in [0.25, 0.3) is 0 Å². The van der Waals surface area contributed by atoms with Crippen LogP contribution in [0.3, 0.4) is 0 Å². The van der Waals surface area contributed by atoms with Crippen molar-refractivity contribution >= 4 is 21.9 Å². The predicted octanol–water partition coefficient (Wildman–Crippen LogP) is 14.3. The number of ether oxygens (including phenoxy) is 2. The van der Waals surface area contributed by atoms with Crippen LogP contribution >= 0.6 is 0 Å². The highest BCUT2D eigenvalue weighted by molar-refractivity contribution is 5.96. The van der Waals surface area contributed by atoms with Crippen molar-refractivity contribution in [3.05, 3.63) is 231 Å². The molecule has 2 spiro atoms. The van der Waals surface area contributed by atoms with E-state index >= 15 is 0 Å². The first-order chi connectivity index (χ1) is 31.9. The molecule has 5 nitrogen and oxygen atoms in total. The molecule has 4 unspecified atom stereocenters. The van der Waals surface area contributed by atoms with Crippen LogP contribution in [0.1, 0.15) is 77.0 Å². The standard InChI is InChI=1S/C60H43N3O2/c1-34-14-12-20-43-41-18-6-8-22-45(41)59(55(34)43)47-24-10-11-25-51(47)64-52-28-26-39(31-48(52)59)57-61-36(3)62-58(63-57)40-27-29-53-49(32-40)60(50-30-37-16-4-5-17-38(37)33-54(50)65-53)46-23-9-7-19-42(46)44-21-13-15-35(2)56(44)60/h4-13,16-35H,14-15H2,1-3H3. The molecule has 0 bridgehead atoms. The summed E-state index contributed by atoms with van der Waals surface area (Å²) < 4.78 is 13.8. The Bertz CT molecular complexity index is 3570. The number of aryl methyl sites for hydroxylation is 1. The lowest BCUT2D eigenvalue weighted by atomic mass is 9.61. The number of allylic oxidation sites excluding steroid dienone is 8. The second kappa shape index (κ2) is 13.2. The number of para-hydroxylation sites is 1. The van der Waals surface area contributed by atoms with E-state index in [9.17, 15) is 0 Å². The first kappa shape index (κ1) is 36.8. The number of rotatable bonds is 2. The highest BCUT2D eigenvalue weighted by atomic mass is 16.5. The summed E-state index contributed by atoms with van der Waals surface area (Å²) in [5.41, 5.74) is 15.9. The van der Waals surface area contributed by atoms with E-state index in [1.807, 2.05) is 6.92 Å². The van der Waals surface area contributed by atoms with Gasteiger partial charge in [0.05, 0.1) is 10.8 Å². The number of aromatic nitrogens is 3. The van der Waals surface area contributed by atoms with Gasteiger partial charge in [-0.1, -0.05) is 129 Å². The Morgan fingerprint density at radius 1 is 0.446 bits per heavy atom. The van der Waals surface area contributed by atoms with E-state index in [1.54, 1.807) is 0 Å². The Morgan fingerprint density at radius 2 is 0.908 bits per heavy atom. The summed E-state index contributed by atoms with van der Waals surface area (Å²) in [6.45, 7) is 6.73. The lowest BCUT2D eigenvalue weighted by Gasteiger charge is -2.43. The Balaban J connectivity index is 0.969. The SMILES string of the molecule is Cc1nc(-c2ccc3c(c2)C2(C4=C(C=CCC4C)c4ccccc42)c2ccccc2O3)nc(-c2ccc3c(c2)C2(C4=C(C=CCC4C)c4ccccc42)c2cc4ccccc4cc2O3)n1. The van der Waals surface area contributed by atoms with Crippen molar-refractivity contribution in [2.24, 2.45) is 11.8 Å². The molecule has 1 aromatic heterocycles. The highest BCUT2D eigenvalue weighted by Gasteiger charge is 2.55. The monoisotopic (exact) mass is 837 g/mol. The Hall–Kier alpha value is -7.63. The molecule has 0 amide bonds. The van der Waals surface area contributed by atoms with E-state index in [1.165, 1.54) is 61.1 Å². The Kier molecular flexibility index (Phi) is 7.48. The number of fused-ring (bicyclic) bond motifs is 17. The van der Waals surface area contributed by atoms with Crippen LogP contribution < -0.4 is 9.47 Å². The van der Waals surface area contributed by atoms with Gasteiger partial charge in [0, 0.05) is 33.4 Å². The minimum Gasteiger partial charge on any atom is -0.457 e. The fourth-order valence-corrected chi connectivity index (χ4v) is 12.7. The van der Waals surface area contributed by atoms with Gasteiger partial charge in [0.1, 0.15) is 28.8 Å². The summed E-state index contributed by atoms with van der Waals surface area (Å²) in [6, 6.07) is 52.8. The zero-order valence-electron chi connectivity index (χ0n) is 36.4. The van der Waals surface area contributed by atoms with Crippen molar-refractivity contribution in [1.82, 2.24) is 15.0 Å². The van der Waals surface area contributed by atoms with Gasteiger partial charge in [0.2, 0.25) is 0 Å². The second-order valence-corrected chi connectivity index (χ2v) is 18.7. The predicted molar refractivity (Wildman–Crippen MR) is 258 cm³/mol. The average Bonchev–Trinajstić information content (AvgIpc) is 3.81. The number of hydrogen-bond acceptors (Lipinski definition) is 5. The van der Waals surface area contributed by atoms with E-state index in [4.69, 9.17) is 24.4 Å². The van der Waals surface area contributed by atoms with Gasteiger partial charge in [-0.05, 0) is 142 Å². The summed E-state index contributed by atoms with van der Waals surface area (Å²) in [4.78, 5) is 15.5. The molecule has 0 saturated heterocycles. The third kappa shape index (κ3) is 4.80. The van der Waals surface area contributed by atoms with Gasteiger partial charge < -0.3 is 9.47 Å². The quantitative estimate of drug-likeness (QED) is 0.174. The molecule has 65 heavy (non-hydrogen) atoms. The first-order valence-corrected chi connectivity index (χ1v) is 23.0. The van der Waals surface area contributed by atoms with Crippen molar-refractivity contribution in [2.75, 3.05) is 0 Å². The smallest absolute Gasteiger partial charge is 0.163 e. The van der Waals surface area contributed by atoms with Crippen LogP contribution in [0.25, 0.3) is 44.7 Å². The van der Waals surface area contributed by atoms with Crippen molar-refractivity contribution in [1.29, 1.82) is 0 Å². The molecule has 4 aliphatic carbocycles. The Labute approximate surface area is 378 Å². The van der Waals surface area contributed by atoms with E-state index in [0.717, 1.165) is 63.5 Å². The van der Waals surface area contributed by atoms with Crippen molar-refractivity contribution in [3.63, 3.8) is 0 Å². The summed E-state index contributed by atoms with van der Waals surface area (Å²) in [5.74, 6) is 6.04. The van der Waals surface area contributed by atoms with Crippen LogP contribution in [0.15, 0.2) is 181 Å². The maximum absolute atomic E-state index is 6.99.